The van der Waals surface area contributed by atoms with E-state index >= 15 is 0 Å². The second-order valence-electron chi connectivity index (χ2n) is 7.08. The van der Waals surface area contributed by atoms with Crippen LogP contribution in [0.1, 0.15) is 49.8 Å². The van der Waals surface area contributed by atoms with Gasteiger partial charge >= 0.3 is 0 Å². The van der Waals surface area contributed by atoms with E-state index in [1.807, 2.05) is 11.7 Å². The number of nitrogens with zero attached hydrogens (tertiary/aromatic N) is 2. The Kier molecular flexibility index (Phi) is 2.20. The van der Waals surface area contributed by atoms with Gasteiger partial charge in [0.2, 0.25) is 0 Å². The van der Waals surface area contributed by atoms with Gasteiger partial charge in [0.15, 0.2) is 0 Å². The highest BCUT2D eigenvalue weighted by molar-refractivity contribution is 5.29. The molecule has 5 rings (SSSR count). The van der Waals surface area contributed by atoms with Crippen molar-refractivity contribution in [3.63, 3.8) is 0 Å². The lowest BCUT2D eigenvalue weighted by molar-refractivity contribution is -0.00780. The molecule has 3 nitrogen and oxygen atoms in total. The fourth-order valence-corrected chi connectivity index (χ4v) is 5.53. The zero-order valence-electron chi connectivity index (χ0n) is 11.2. The quantitative estimate of drug-likeness (QED) is 0.869. The SMILES string of the molecule is Cn1cc(CN)c(C23CC4CC(CC(C4)C2)C3)n1. The molecule has 1 aromatic rings. The Morgan fingerprint density at radius 1 is 1.22 bits per heavy atom. The van der Waals surface area contributed by atoms with E-state index in [2.05, 4.69) is 6.20 Å². The number of hydrogen-bond donors (Lipinski definition) is 1. The van der Waals surface area contributed by atoms with Crippen LogP contribution in [0, 0.1) is 17.8 Å². The normalized spacial score (nSPS) is 41.6. The molecule has 0 radical (unpaired) electrons. The Morgan fingerprint density at radius 3 is 2.28 bits per heavy atom. The van der Waals surface area contributed by atoms with E-state index in [1.54, 1.807) is 0 Å². The van der Waals surface area contributed by atoms with E-state index < -0.39 is 0 Å². The molecule has 1 heterocycles. The van der Waals surface area contributed by atoms with Crippen molar-refractivity contribution in [2.75, 3.05) is 0 Å². The highest BCUT2D eigenvalue weighted by atomic mass is 15.3. The number of rotatable bonds is 2. The summed E-state index contributed by atoms with van der Waals surface area (Å²) in [6.45, 7) is 0.644. The van der Waals surface area contributed by atoms with Crippen molar-refractivity contribution >= 4 is 0 Å². The maximum Gasteiger partial charge on any atom is 0.0731 e. The fraction of sp³-hybridized carbons (Fsp3) is 0.800. The molecule has 18 heavy (non-hydrogen) atoms. The molecule has 3 heteroatoms. The van der Waals surface area contributed by atoms with Gasteiger partial charge in [-0.3, -0.25) is 4.68 Å². The van der Waals surface area contributed by atoms with Gasteiger partial charge in [0, 0.05) is 30.8 Å². The maximum atomic E-state index is 5.93. The lowest BCUT2D eigenvalue weighted by Crippen LogP contribution is -2.49. The van der Waals surface area contributed by atoms with Gasteiger partial charge in [-0.1, -0.05) is 0 Å². The average Bonchev–Trinajstić information content (AvgIpc) is 2.69. The standard InChI is InChI=1S/C15H23N3/c1-18-9-13(8-16)14(17-18)15-5-10-2-11(6-15)4-12(3-10)7-15/h9-12H,2-8,16H2,1H3. The molecule has 2 N–H and O–H groups in total. The van der Waals surface area contributed by atoms with Gasteiger partial charge in [0.1, 0.15) is 0 Å². The largest absolute Gasteiger partial charge is 0.326 e. The summed E-state index contributed by atoms with van der Waals surface area (Å²) in [6, 6.07) is 0. The van der Waals surface area contributed by atoms with Gasteiger partial charge in [0.25, 0.3) is 0 Å². The smallest absolute Gasteiger partial charge is 0.0731 e. The van der Waals surface area contributed by atoms with Gasteiger partial charge < -0.3 is 5.73 Å². The Bertz CT molecular complexity index is 439. The molecule has 4 aliphatic carbocycles. The van der Waals surface area contributed by atoms with E-state index in [0.29, 0.717) is 12.0 Å². The Labute approximate surface area is 109 Å². The molecule has 98 valence electrons. The Hall–Kier alpha value is -0.830. The van der Waals surface area contributed by atoms with Crippen LogP contribution in [0.2, 0.25) is 0 Å². The summed E-state index contributed by atoms with van der Waals surface area (Å²) in [6.07, 6.45) is 10.7. The van der Waals surface area contributed by atoms with Crippen LogP contribution in [0.5, 0.6) is 0 Å². The molecule has 0 amide bonds. The molecule has 0 aromatic carbocycles. The van der Waals surface area contributed by atoms with Gasteiger partial charge in [0.05, 0.1) is 5.69 Å². The van der Waals surface area contributed by atoms with Gasteiger partial charge in [-0.25, -0.2) is 0 Å². The van der Waals surface area contributed by atoms with E-state index in [1.165, 1.54) is 49.8 Å². The first-order valence-corrected chi connectivity index (χ1v) is 7.41. The van der Waals surface area contributed by atoms with Crippen molar-refractivity contribution in [3.05, 3.63) is 17.5 Å². The molecule has 4 aliphatic rings. The molecule has 0 spiro atoms. The molecule has 1 aromatic heterocycles. The molecule has 0 unspecified atom stereocenters. The molecular weight excluding hydrogens is 222 g/mol. The number of hydrogen-bond acceptors (Lipinski definition) is 2. The van der Waals surface area contributed by atoms with Crippen LogP contribution >= 0.6 is 0 Å². The summed E-state index contributed by atoms with van der Waals surface area (Å²) >= 11 is 0. The Morgan fingerprint density at radius 2 is 1.78 bits per heavy atom. The average molecular weight is 245 g/mol. The number of aryl methyl sites for hydroxylation is 1. The van der Waals surface area contributed by atoms with Crippen LogP contribution in [0.3, 0.4) is 0 Å². The first kappa shape index (κ1) is 11.0. The summed E-state index contributed by atoms with van der Waals surface area (Å²) in [5.41, 5.74) is 8.97. The van der Waals surface area contributed by atoms with Crippen LogP contribution in [-0.4, -0.2) is 9.78 Å². The van der Waals surface area contributed by atoms with Crippen LogP contribution in [0.15, 0.2) is 6.20 Å². The molecule has 0 aliphatic heterocycles. The van der Waals surface area contributed by atoms with Crippen molar-refractivity contribution < 1.29 is 0 Å². The minimum Gasteiger partial charge on any atom is -0.326 e. The van der Waals surface area contributed by atoms with Gasteiger partial charge in [-0.2, -0.15) is 5.10 Å². The molecule has 4 saturated carbocycles. The summed E-state index contributed by atoms with van der Waals surface area (Å²) < 4.78 is 1.97. The second-order valence-corrected chi connectivity index (χ2v) is 7.08. The van der Waals surface area contributed by atoms with Crippen molar-refractivity contribution in [2.24, 2.45) is 30.5 Å². The third-order valence-electron chi connectivity index (χ3n) is 5.67. The van der Waals surface area contributed by atoms with Crippen molar-refractivity contribution in [1.29, 1.82) is 0 Å². The minimum absolute atomic E-state index is 0.394. The fourth-order valence-electron chi connectivity index (χ4n) is 5.53. The first-order valence-electron chi connectivity index (χ1n) is 7.41. The van der Waals surface area contributed by atoms with Gasteiger partial charge in [-0.15, -0.1) is 0 Å². The van der Waals surface area contributed by atoms with E-state index in [-0.39, 0.29) is 0 Å². The summed E-state index contributed by atoms with van der Waals surface area (Å²) in [4.78, 5) is 0. The minimum atomic E-state index is 0.394. The molecule has 0 atom stereocenters. The highest BCUT2D eigenvalue weighted by Gasteiger charge is 2.53. The summed E-state index contributed by atoms with van der Waals surface area (Å²) in [5.74, 6) is 2.93. The summed E-state index contributed by atoms with van der Waals surface area (Å²) in [5, 5.41) is 4.81. The van der Waals surface area contributed by atoms with Crippen LogP contribution in [-0.2, 0) is 19.0 Å². The summed E-state index contributed by atoms with van der Waals surface area (Å²) in [7, 11) is 2.03. The second kappa shape index (κ2) is 3.60. The maximum absolute atomic E-state index is 5.93. The van der Waals surface area contributed by atoms with E-state index in [9.17, 15) is 0 Å². The highest BCUT2D eigenvalue weighted by Crippen LogP contribution is 2.60. The third kappa shape index (κ3) is 1.43. The van der Waals surface area contributed by atoms with E-state index in [0.717, 1.165) is 17.8 Å². The molecule has 4 bridgehead atoms. The van der Waals surface area contributed by atoms with Crippen molar-refractivity contribution in [1.82, 2.24) is 9.78 Å². The van der Waals surface area contributed by atoms with Gasteiger partial charge in [-0.05, 0) is 56.3 Å². The lowest BCUT2D eigenvalue weighted by Gasteiger charge is -2.56. The third-order valence-corrected chi connectivity index (χ3v) is 5.67. The van der Waals surface area contributed by atoms with Crippen molar-refractivity contribution in [3.8, 4) is 0 Å². The zero-order valence-corrected chi connectivity index (χ0v) is 11.2. The van der Waals surface area contributed by atoms with Crippen LogP contribution in [0.25, 0.3) is 0 Å². The predicted octanol–water partition coefficient (Wildman–Crippen LogP) is 2.35. The number of nitrogens with two attached hydrogens (primary N) is 1. The van der Waals surface area contributed by atoms with E-state index in [4.69, 9.17) is 10.8 Å². The topological polar surface area (TPSA) is 43.8 Å². The first-order chi connectivity index (χ1) is 8.68. The Balaban J connectivity index is 1.78. The predicted molar refractivity (Wildman–Crippen MR) is 70.9 cm³/mol. The molecular formula is C15H23N3. The van der Waals surface area contributed by atoms with Crippen LogP contribution in [0.4, 0.5) is 0 Å². The molecule has 4 fully saturated rings. The monoisotopic (exact) mass is 245 g/mol. The van der Waals surface area contributed by atoms with Crippen LogP contribution < -0.4 is 5.73 Å². The lowest BCUT2D eigenvalue weighted by atomic mass is 9.48. The molecule has 0 saturated heterocycles. The number of aromatic nitrogens is 2. The van der Waals surface area contributed by atoms with Crippen molar-refractivity contribution in [2.45, 2.75) is 50.5 Å². The zero-order chi connectivity index (χ0) is 12.3.